The number of carboxylic acids is 2. The minimum atomic E-state index is -2.07. The second kappa shape index (κ2) is 8.01. The topological polar surface area (TPSA) is 106 Å². The molecular formula is C14H18N2O5. The fraction of sp³-hybridized carbons (Fsp3) is 0.357. The summed E-state index contributed by atoms with van der Waals surface area (Å²) in [5, 5.41) is 16.3. The smallest absolute Gasteiger partial charge is 0.351 e. The summed E-state index contributed by atoms with van der Waals surface area (Å²) in [7, 11) is 0. The lowest BCUT2D eigenvalue weighted by Gasteiger charge is -2.07. The van der Waals surface area contributed by atoms with Crippen molar-refractivity contribution in [2.24, 2.45) is 0 Å². The highest BCUT2D eigenvalue weighted by Gasteiger charge is 2.09. The van der Waals surface area contributed by atoms with Gasteiger partial charge in [-0.2, -0.15) is 0 Å². The van der Waals surface area contributed by atoms with Crippen molar-refractivity contribution in [1.29, 1.82) is 0 Å². The second-order valence-electron chi connectivity index (χ2n) is 4.37. The molecule has 2 N–H and O–H groups in total. The Morgan fingerprint density at radius 3 is 2.62 bits per heavy atom. The van der Waals surface area contributed by atoms with Gasteiger partial charge in [-0.25, -0.2) is 14.3 Å². The van der Waals surface area contributed by atoms with E-state index in [4.69, 9.17) is 24.5 Å². The average Bonchev–Trinajstić information content (AvgIpc) is 2.88. The molecule has 2 rings (SSSR count). The molecule has 21 heavy (non-hydrogen) atoms. The summed E-state index contributed by atoms with van der Waals surface area (Å²) in [6.45, 7) is 4.83. The number of carbonyl (C=O) groups excluding carboxylic acids is 1. The number of fused-ring (bicyclic) bond motifs is 1. The predicted octanol–water partition coefficient (Wildman–Crippen LogP) is 0.0489. The van der Waals surface area contributed by atoms with Gasteiger partial charge in [-0.05, 0) is 25.5 Å². The van der Waals surface area contributed by atoms with Crippen LogP contribution in [-0.4, -0.2) is 28.1 Å². The fourth-order valence-corrected chi connectivity index (χ4v) is 1.50. The third kappa shape index (κ3) is 5.23. The molecule has 7 nitrogen and oxygen atoms in total. The number of rotatable bonds is 4. The van der Waals surface area contributed by atoms with Gasteiger partial charge < -0.3 is 19.7 Å². The molecule has 2 aromatic rings. The third-order valence-corrected chi connectivity index (χ3v) is 2.84. The van der Waals surface area contributed by atoms with Crippen LogP contribution < -0.4 is 9.67 Å². The summed E-state index contributed by atoms with van der Waals surface area (Å²) in [5.74, 6) is -4.01. The minimum Gasteiger partial charge on any atom is -0.539 e. The van der Waals surface area contributed by atoms with Crippen molar-refractivity contribution in [3.05, 3.63) is 30.6 Å². The predicted molar refractivity (Wildman–Crippen MR) is 72.0 cm³/mol. The lowest BCUT2D eigenvalue weighted by molar-refractivity contribution is -0.711. The van der Waals surface area contributed by atoms with E-state index >= 15 is 0 Å². The number of carboxylic acid groups (broad SMARTS) is 2. The molecule has 1 atom stereocenters. The van der Waals surface area contributed by atoms with E-state index in [0.29, 0.717) is 12.8 Å². The van der Waals surface area contributed by atoms with E-state index in [-0.39, 0.29) is 0 Å². The first-order chi connectivity index (χ1) is 9.95. The molecule has 1 aromatic heterocycles. The van der Waals surface area contributed by atoms with E-state index in [1.807, 2.05) is 18.5 Å². The van der Waals surface area contributed by atoms with Gasteiger partial charge in [0, 0.05) is 0 Å². The molecule has 0 radical (unpaired) electrons. The number of nitrogens with zero attached hydrogens (tertiary/aromatic N) is 1. The molecule has 1 aromatic carbocycles. The number of hydrogen-bond donors (Lipinski definition) is 2. The van der Waals surface area contributed by atoms with Crippen molar-refractivity contribution in [2.45, 2.75) is 33.1 Å². The standard InChI is InChI=1S/C12H16N2O.C2H2O4/c1-3-10(2)15-9-14-8-13-11-6-4-5-7-12(11)14;3-1(4)2(5)6/h4-8,10H,3,9H2,1-2H3;(H,3,4)(H,5,6). The first-order valence-electron chi connectivity index (χ1n) is 6.47. The van der Waals surface area contributed by atoms with Crippen LogP contribution in [0.15, 0.2) is 30.6 Å². The van der Waals surface area contributed by atoms with E-state index in [0.717, 1.165) is 11.9 Å². The Bertz CT molecular complexity index is 596. The van der Waals surface area contributed by atoms with E-state index in [2.05, 4.69) is 35.5 Å². The van der Waals surface area contributed by atoms with Crippen molar-refractivity contribution >= 4 is 23.0 Å². The molecule has 0 amide bonds. The summed E-state index contributed by atoms with van der Waals surface area (Å²) in [6, 6.07) is 8.22. The first-order valence-corrected chi connectivity index (χ1v) is 6.47. The van der Waals surface area contributed by atoms with Crippen LogP contribution in [-0.2, 0) is 21.1 Å². The van der Waals surface area contributed by atoms with Crippen molar-refractivity contribution < 1.29 is 29.1 Å². The van der Waals surface area contributed by atoms with Crippen LogP contribution in [0.25, 0.3) is 11.0 Å². The maximum atomic E-state index is 9.04. The lowest BCUT2D eigenvalue weighted by atomic mass is 10.3. The molecule has 0 saturated carbocycles. The molecule has 0 fully saturated rings. The molecular weight excluding hydrogens is 276 g/mol. The SMILES string of the molecule is CCC(C)OC[n+]1c[nH]c2ccccc21.O=C([O-])C(=O)O. The monoisotopic (exact) mass is 294 g/mol. The number of hydrogen-bond acceptors (Lipinski definition) is 4. The molecule has 0 aliphatic heterocycles. The number of aromatic amines is 1. The van der Waals surface area contributed by atoms with E-state index in [1.54, 1.807) is 0 Å². The zero-order valence-electron chi connectivity index (χ0n) is 11.9. The highest BCUT2D eigenvalue weighted by atomic mass is 16.5. The van der Waals surface area contributed by atoms with Gasteiger partial charge in [0.05, 0.1) is 6.10 Å². The molecule has 0 spiro atoms. The number of imidazole rings is 1. The summed E-state index contributed by atoms with van der Waals surface area (Å²) in [5.41, 5.74) is 2.33. The Labute approximate surface area is 121 Å². The van der Waals surface area contributed by atoms with Crippen molar-refractivity contribution in [3.8, 4) is 0 Å². The Morgan fingerprint density at radius 2 is 2.05 bits per heavy atom. The Balaban J connectivity index is 0.000000315. The summed E-state index contributed by atoms with van der Waals surface area (Å²) in [4.78, 5) is 21.2. The molecule has 1 unspecified atom stereocenters. The summed E-state index contributed by atoms with van der Waals surface area (Å²) < 4.78 is 7.77. The van der Waals surface area contributed by atoms with Gasteiger partial charge in [0.15, 0.2) is 23.7 Å². The van der Waals surface area contributed by atoms with Gasteiger partial charge in [0.2, 0.25) is 6.33 Å². The van der Waals surface area contributed by atoms with Crippen molar-refractivity contribution in [3.63, 3.8) is 0 Å². The van der Waals surface area contributed by atoms with Crippen LogP contribution in [0.2, 0.25) is 0 Å². The Hall–Kier alpha value is -2.41. The molecule has 7 heteroatoms. The van der Waals surface area contributed by atoms with Crippen molar-refractivity contribution in [1.82, 2.24) is 4.98 Å². The minimum absolute atomic E-state index is 0.311. The first kappa shape index (κ1) is 16.6. The van der Waals surface area contributed by atoms with Crippen molar-refractivity contribution in [2.75, 3.05) is 0 Å². The van der Waals surface area contributed by atoms with Gasteiger partial charge in [0.25, 0.3) is 0 Å². The zero-order chi connectivity index (χ0) is 15.8. The number of aromatic nitrogens is 2. The third-order valence-electron chi connectivity index (χ3n) is 2.84. The van der Waals surface area contributed by atoms with Gasteiger partial charge in [-0.15, -0.1) is 0 Å². The largest absolute Gasteiger partial charge is 0.539 e. The van der Waals surface area contributed by atoms with E-state index < -0.39 is 11.9 Å². The van der Waals surface area contributed by atoms with Gasteiger partial charge in [0.1, 0.15) is 0 Å². The van der Waals surface area contributed by atoms with Gasteiger partial charge in [-0.1, -0.05) is 19.1 Å². The lowest BCUT2D eigenvalue weighted by Crippen LogP contribution is -2.34. The van der Waals surface area contributed by atoms with Crippen LogP contribution in [0.1, 0.15) is 20.3 Å². The number of H-pyrrole nitrogens is 1. The number of benzene rings is 1. The van der Waals surface area contributed by atoms with Gasteiger partial charge >= 0.3 is 5.97 Å². The fourth-order valence-electron chi connectivity index (χ4n) is 1.50. The second-order valence-corrected chi connectivity index (χ2v) is 4.37. The van der Waals surface area contributed by atoms with Crippen LogP contribution in [0.4, 0.5) is 0 Å². The van der Waals surface area contributed by atoms with Crippen LogP contribution in [0.5, 0.6) is 0 Å². The number of nitrogens with one attached hydrogen (secondary N) is 1. The van der Waals surface area contributed by atoms with Gasteiger partial charge in [-0.3, -0.25) is 0 Å². The highest BCUT2D eigenvalue weighted by Crippen LogP contribution is 2.05. The van der Waals surface area contributed by atoms with Crippen LogP contribution >= 0.6 is 0 Å². The number of para-hydroxylation sites is 2. The molecule has 1 heterocycles. The molecule has 0 saturated heterocycles. The summed E-state index contributed by atoms with van der Waals surface area (Å²) >= 11 is 0. The molecule has 0 aliphatic rings. The maximum absolute atomic E-state index is 9.04. The normalized spacial score (nSPS) is 11.5. The highest BCUT2D eigenvalue weighted by molar-refractivity contribution is 6.26. The summed E-state index contributed by atoms with van der Waals surface area (Å²) in [6.07, 6.45) is 3.31. The average molecular weight is 294 g/mol. The Kier molecular flexibility index (Phi) is 6.35. The molecule has 0 bridgehead atoms. The zero-order valence-corrected chi connectivity index (χ0v) is 11.9. The number of carbonyl (C=O) groups is 2. The molecule has 0 aliphatic carbocycles. The number of ether oxygens (including phenoxy) is 1. The van der Waals surface area contributed by atoms with Crippen LogP contribution in [0, 0.1) is 0 Å². The van der Waals surface area contributed by atoms with E-state index in [1.165, 1.54) is 5.52 Å². The Morgan fingerprint density at radius 1 is 1.43 bits per heavy atom. The maximum Gasteiger partial charge on any atom is 0.351 e. The van der Waals surface area contributed by atoms with Crippen LogP contribution in [0.3, 0.4) is 0 Å². The number of aliphatic carboxylic acids is 2. The molecule has 114 valence electrons. The van der Waals surface area contributed by atoms with E-state index in [9.17, 15) is 0 Å². The quantitative estimate of drug-likeness (QED) is 0.612.